The van der Waals surface area contributed by atoms with Crippen LogP contribution in [0.15, 0.2) is 5.10 Å². The van der Waals surface area contributed by atoms with E-state index in [9.17, 15) is 0 Å². The Hall–Kier alpha value is -0.930. The first kappa shape index (κ1) is 10.1. The van der Waals surface area contributed by atoms with Crippen molar-refractivity contribution in [3.05, 3.63) is 0 Å². The predicted octanol–water partition coefficient (Wildman–Crippen LogP) is 0.201. The second-order valence-electron chi connectivity index (χ2n) is 3.76. The van der Waals surface area contributed by atoms with Crippen LogP contribution in [0.3, 0.4) is 0 Å². The summed E-state index contributed by atoms with van der Waals surface area (Å²) in [5.74, 6) is 0.0823. The summed E-state index contributed by atoms with van der Waals surface area (Å²) >= 11 is 0. The molecule has 0 spiro atoms. The average molecular weight is 158 g/mol. The molecule has 0 saturated heterocycles. The van der Waals surface area contributed by atoms with E-state index in [1.165, 1.54) is 0 Å². The molecule has 0 heterocycles. The van der Waals surface area contributed by atoms with Crippen LogP contribution in [0.5, 0.6) is 0 Å². The molecule has 0 amide bonds. The highest BCUT2D eigenvalue weighted by atomic mass is 15.3. The zero-order chi connectivity index (χ0) is 8.91. The van der Waals surface area contributed by atoms with Crippen LogP contribution < -0.4 is 16.9 Å². The van der Waals surface area contributed by atoms with Crippen molar-refractivity contribution >= 4 is 5.96 Å². The number of guanidine groups is 1. The summed E-state index contributed by atoms with van der Waals surface area (Å²) in [4.78, 5) is 0. The minimum Gasteiger partial charge on any atom is -0.369 e. The third-order valence-electron chi connectivity index (χ3n) is 1.19. The van der Waals surface area contributed by atoms with Crippen LogP contribution >= 0.6 is 0 Å². The maximum atomic E-state index is 5.11. The van der Waals surface area contributed by atoms with Gasteiger partial charge in [0.15, 0.2) is 0 Å². The topological polar surface area (TPSA) is 76.4 Å². The summed E-state index contributed by atoms with van der Waals surface area (Å²) in [7, 11) is 0. The molecule has 0 aromatic rings. The molecule has 0 saturated carbocycles. The standard InChI is InChI=1S/C7H18N4/c1-7(2,3)4-5-10-11-6(8)9/h10H,4-5H2,1-3H3,(H4,8,9,11). The van der Waals surface area contributed by atoms with E-state index in [1.807, 2.05) is 0 Å². The lowest BCUT2D eigenvalue weighted by atomic mass is 9.93. The maximum absolute atomic E-state index is 5.11. The smallest absolute Gasteiger partial charge is 0.208 e. The van der Waals surface area contributed by atoms with Gasteiger partial charge in [-0.3, -0.25) is 0 Å². The zero-order valence-electron chi connectivity index (χ0n) is 7.52. The Morgan fingerprint density at radius 3 is 2.27 bits per heavy atom. The highest BCUT2D eigenvalue weighted by Gasteiger charge is 2.08. The summed E-state index contributed by atoms with van der Waals surface area (Å²) in [6, 6.07) is 0. The van der Waals surface area contributed by atoms with E-state index in [0.717, 1.165) is 13.0 Å². The highest BCUT2D eigenvalue weighted by molar-refractivity contribution is 5.75. The molecule has 5 N–H and O–H groups in total. The first-order valence-corrected chi connectivity index (χ1v) is 3.73. The second kappa shape index (κ2) is 4.05. The van der Waals surface area contributed by atoms with E-state index in [4.69, 9.17) is 11.5 Å². The Labute approximate surface area is 68.0 Å². The SMILES string of the molecule is CC(C)(C)CCNN=C(N)N. The van der Waals surface area contributed by atoms with Gasteiger partial charge < -0.3 is 16.9 Å². The second-order valence-corrected chi connectivity index (χ2v) is 3.76. The molecule has 0 aromatic carbocycles. The lowest BCUT2D eigenvalue weighted by Crippen LogP contribution is -2.27. The zero-order valence-corrected chi connectivity index (χ0v) is 7.52. The quantitative estimate of drug-likeness (QED) is 0.238. The molecule has 0 bridgehead atoms. The molecule has 0 aromatic heterocycles. The first-order valence-electron chi connectivity index (χ1n) is 3.73. The van der Waals surface area contributed by atoms with Crippen molar-refractivity contribution in [1.29, 1.82) is 0 Å². The summed E-state index contributed by atoms with van der Waals surface area (Å²) in [6.07, 6.45) is 1.05. The van der Waals surface area contributed by atoms with Crippen LogP contribution in [0.25, 0.3) is 0 Å². The number of hydrogen-bond acceptors (Lipinski definition) is 2. The molecule has 66 valence electrons. The van der Waals surface area contributed by atoms with Gasteiger partial charge in [-0.2, -0.15) is 0 Å². The van der Waals surface area contributed by atoms with E-state index >= 15 is 0 Å². The Morgan fingerprint density at radius 1 is 1.36 bits per heavy atom. The summed E-state index contributed by atoms with van der Waals surface area (Å²) in [5, 5.41) is 3.65. The minimum atomic E-state index is 0.0823. The van der Waals surface area contributed by atoms with Gasteiger partial charge in [-0.25, -0.2) is 0 Å². The molecule has 11 heavy (non-hydrogen) atoms. The summed E-state index contributed by atoms with van der Waals surface area (Å²) in [5.41, 5.74) is 13.3. The largest absolute Gasteiger partial charge is 0.369 e. The van der Waals surface area contributed by atoms with Gasteiger partial charge in [0.2, 0.25) is 5.96 Å². The van der Waals surface area contributed by atoms with Gasteiger partial charge in [-0.15, -0.1) is 5.10 Å². The number of rotatable bonds is 3. The van der Waals surface area contributed by atoms with Gasteiger partial charge in [-0.1, -0.05) is 20.8 Å². The van der Waals surface area contributed by atoms with Crippen molar-refractivity contribution in [3.63, 3.8) is 0 Å². The van der Waals surface area contributed by atoms with Crippen LogP contribution in [0.4, 0.5) is 0 Å². The van der Waals surface area contributed by atoms with Crippen molar-refractivity contribution < 1.29 is 0 Å². The fourth-order valence-electron chi connectivity index (χ4n) is 0.578. The van der Waals surface area contributed by atoms with Gasteiger partial charge >= 0.3 is 0 Å². The van der Waals surface area contributed by atoms with Crippen LogP contribution in [0.1, 0.15) is 27.2 Å². The van der Waals surface area contributed by atoms with Crippen LogP contribution in [0, 0.1) is 5.41 Å². The molecule has 4 heteroatoms. The van der Waals surface area contributed by atoms with Crippen molar-refractivity contribution in [2.24, 2.45) is 22.0 Å². The van der Waals surface area contributed by atoms with E-state index in [2.05, 4.69) is 31.3 Å². The Bertz CT molecular complexity index is 130. The highest BCUT2D eigenvalue weighted by Crippen LogP contribution is 2.16. The maximum Gasteiger partial charge on any atom is 0.208 e. The number of hydrazone groups is 1. The number of nitrogens with one attached hydrogen (secondary N) is 1. The average Bonchev–Trinajstić information content (AvgIpc) is 1.78. The Morgan fingerprint density at radius 2 is 1.91 bits per heavy atom. The van der Waals surface area contributed by atoms with Gasteiger partial charge in [0.25, 0.3) is 0 Å². The first-order chi connectivity index (χ1) is 4.92. The third-order valence-corrected chi connectivity index (χ3v) is 1.19. The van der Waals surface area contributed by atoms with Crippen molar-refractivity contribution in [2.45, 2.75) is 27.2 Å². The minimum absolute atomic E-state index is 0.0823. The van der Waals surface area contributed by atoms with Crippen molar-refractivity contribution in [1.82, 2.24) is 5.43 Å². The Kier molecular flexibility index (Phi) is 3.71. The number of nitrogens with two attached hydrogens (primary N) is 2. The van der Waals surface area contributed by atoms with Crippen LogP contribution in [-0.2, 0) is 0 Å². The lowest BCUT2D eigenvalue weighted by molar-refractivity contribution is 0.369. The lowest BCUT2D eigenvalue weighted by Gasteiger charge is -2.16. The normalized spacial score (nSPS) is 10.8. The summed E-state index contributed by atoms with van der Waals surface area (Å²) in [6.45, 7) is 7.32. The molecule has 0 atom stereocenters. The fourth-order valence-corrected chi connectivity index (χ4v) is 0.578. The third kappa shape index (κ3) is 9.07. The Balaban J connectivity index is 3.36. The molecular weight excluding hydrogens is 140 g/mol. The van der Waals surface area contributed by atoms with Crippen LogP contribution in [-0.4, -0.2) is 12.5 Å². The summed E-state index contributed by atoms with van der Waals surface area (Å²) < 4.78 is 0. The number of nitrogens with zero attached hydrogens (tertiary/aromatic N) is 1. The van der Waals surface area contributed by atoms with Gasteiger partial charge in [0, 0.05) is 6.54 Å². The molecule has 0 aliphatic rings. The number of hydrogen-bond donors (Lipinski definition) is 3. The molecule has 0 aliphatic heterocycles. The van der Waals surface area contributed by atoms with E-state index < -0.39 is 0 Å². The molecule has 0 aliphatic carbocycles. The van der Waals surface area contributed by atoms with E-state index in [0.29, 0.717) is 5.41 Å². The van der Waals surface area contributed by atoms with E-state index in [1.54, 1.807) is 0 Å². The van der Waals surface area contributed by atoms with Crippen molar-refractivity contribution in [2.75, 3.05) is 6.54 Å². The van der Waals surface area contributed by atoms with Crippen LogP contribution in [0.2, 0.25) is 0 Å². The van der Waals surface area contributed by atoms with Gasteiger partial charge in [0.1, 0.15) is 0 Å². The molecule has 0 unspecified atom stereocenters. The molecule has 4 nitrogen and oxygen atoms in total. The molecule has 0 rings (SSSR count). The predicted molar refractivity (Wildman–Crippen MR) is 47.9 cm³/mol. The van der Waals surface area contributed by atoms with Crippen molar-refractivity contribution in [3.8, 4) is 0 Å². The molecular formula is C7H18N4. The monoisotopic (exact) mass is 158 g/mol. The van der Waals surface area contributed by atoms with Gasteiger partial charge in [0.05, 0.1) is 0 Å². The van der Waals surface area contributed by atoms with Gasteiger partial charge in [-0.05, 0) is 11.8 Å². The fraction of sp³-hybridized carbons (Fsp3) is 0.857. The molecule has 0 radical (unpaired) electrons. The molecule has 0 fully saturated rings. The van der Waals surface area contributed by atoms with E-state index in [-0.39, 0.29) is 5.96 Å².